The van der Waals surface area contributed by atoms with Gasteiger partial charge < -0.3 is 10.6 Å². The van der Waals surface area contributed by atoms with E-state index in [1.54, 1.807) is 49.4 Å². The first kappa shape index (κ1) is 19.9. The minimum Gasteiger partial charge on any atom is -0.326 e. The maximum Gasteiger partial charge on any atom is 0.255 e. The largest absolute Gasteiger partial charge is 0.326 e. The maximum atomic E-state index is 12.6. The summed E-state index contributed by atoms with van der Waals surface area (Å²) in [4.78, 5) is 23.8. The number of carbonyl (C=O) groups is 2. The van der Waals surface area contributed by atoms with Crippen molar-refractivity contribution in [2.24, 2.45) is 0 Å². The zero-order valence-corrected chi connectivity index (χ0v) is 16.8. The Morgan fingerprint density at radius 3 is 2.43 bits per heavy atom. The monoisotopic (exact) mass is 401 g/mol. The molecule has 0 aliphatic carbocycles. The van der Waals surface area contributed by atoms with E-state index in [4.69, 9.17) is 0 Å². The lowest BCUT2D eigenvalue weighted by Crippen LogP contribution is -2.36. The predicted molar refractivity (Wildman–Crippen MR) is 110 cm³/mol. The molecule has 0 bridgehead atoms. The van der Waals surface area contributed by atoms with Gasteiger partial charge in [0, 0.05) is 29.9 Å². The molecule has 0 unspecified atom stereocenters. The summed E-state index contributed by atoms with van der Waals surface area (Å²) in [6.07, 6.45) is 0.563. The molecule has 2 aromatic rings. The van der Waals surface area contributed by atoms with E-state index in [-0.39, 0.29) is 23.6 Å². The molecule has 8 heteroatoms. The third-order valence-corrected chi connectivity index (χ3v) is 6.49. The molecule has 0 fully saturated rings. The molecule has 2 N–H and O–H groups in total. The average Bonchev–Trinajstić information content (AvgIpc) is 2.97. The van der Waals surface area contributed by atoms with Gasteiger partial charge in [0.15, 0.2) is 0 Å². The van der Waals surface area contributed by atoms with Gasteiger partial charge in [0.25, 0.3) is 5.91 Å². The van der Waals surface area contributed by atoms with Crippen LogP contribution in [0.4, 0.5) is 17.1 Å². The quantitative estimate of drug-likeness (QED) is 0.805. The van der Waals surface area contributed by atoms with Gasteiger partial charge in [-0.25, -0.2) is 8.42 Å². The van der Waals surface area contributed by atoms with Crippen LogP contribution in [0.3, 0.4) is 0 Å². The Labute approximate surface area is 164 Å². The minimum absolute atomic E-state index is 0.0314. The van der Waals surface area contributed by atoms with Crippen LogP contribution in [0.1, 0.15) is 36.7 Å². The van der Waals surface area contributed by atoms with E-state index in [1.807, 2.05) is 6.92 Å². The van der Waals surface area contributed by atoms with E-state index in [9.17, 15) is 18.0 Å². The third kappa shape index (κ3) is 4.01. The van der Waals surface area contributed by atoms with Crippen LogP contribution in [-0.2, 0) is 21.2 Å². The SMILES string of the molecule is CCS(=O)(=O)N1c2ccc(C(=O)Nc3cccc(NC(C)=O)c3)cc2C[C@H]1C. The van der Waals surface area contributed by atoms with Crippen molar-refractivity contribution in [3.05, 3.63) is 53.6 Å². The summed E-state index contributed by atoms with van der Waals surface area (Å²) in [6.45, 7) is 4.90. The van der Waals surface area contributed by atoms with Gasteiger partial charge in [-0.15, -0.1) is 0 Å². The van der Waals surface area contributed by atoms with Crippen molar-refractivity contribution in [3.8, 4) is 0 Å². The fourth-order valence-electron chi connectivity index (χ4n) is 3.39. The second-order valence-corrected chi connectivity index (χ2v) is 8.94. The number of amides is 2. The summed E-state index contributed by atoms with van der Waals surface area (Å²) in [5, 5.41) is 5.47. The summed E-state index contributed by atoms with van der Waals surface area (Å²) >= 11 is 0. The molecule has 0 saturated carbocycles. The van der Waals surface area contributed by atoms with Gasteiger partial charge in [-0.2, -0.15) is 0 Å². The first-order chi connectivity index (χ1) is 13.2. The van der Waals surface area contributed by atoms with Crippen LogP contribution < -0.4 is 14.9 Å². The number of sulfonamides is 1. The smallest absolute Gasteiger partial charge is 0.255 e. The van der Waals surface area contributed by atoms with Gasteiger partial charge in [0.05, 0.1) is 11.4 Å². The van der Waals surface area contributed by atoms with Gasteiger partial charge in [-0.3, -0.25) is 13.9 Å². The number of hydrogen-bond acceptors (Lipinski definition) is 4. The number of hydrogen-bond donors (Lipinski definition) is 2. The van der Waals surface area contributed by atoms with Gasteiger partial charge in [-0.1, -0.05) is 6.07 Å². The normalized spacial score (nSPS) is 15.8. The van der Waals surface area contributed by atoms with E-state index in [1.165, 1.54) is 11.2 Å². The molecule has 0 saturated heterocycles. The molecule has 0 spiro atoms. The number of nitrogens with one attached hydrogen (secondary N) is 2. The second-order valence-electron chi connectivity index (χ2n) is 6.81. The highest BCUT2D eigenvalue weighted by Gasteiger charge is 2.34. The molecule has 2 aromatic carbocycles. The number of nitrogens with zero attached hydrogens (tertiary/aromatic N) is 1. The van der Waals surface area contributed by atoms with E-state index >= 15 is 0 Å². The molecule has 3 rings (SSSR count). The van der Waals surface area contributed by atoms with Crippen LogP contribution in [0.25, 0.3) is 0 Å². The summed E-state index contributed by atoms with van der Waals surface area (Å²) in [5.41, 5.74) is 3.07. The van der Waals surface area contributed by atoms with Crippen molar-refractivity contribution >= 4 is 38.9 Å². The van der Waals surface area contributed by atoms with Crippen molar-refractivity contribution < 1.29 is 18.0 Å². The molecule has 2 amide bonds. The average molecular weight is 401 g/mol. The zero-order chi connectivity index (χ0) is 20.5. The molecular formula is C20H23N3O4S. The van der Waals surface area contributed by atoms with Gasteiger partial charge in [0.1, 0.15) is 0 Å². The van der Waals surface area contributed by atoms with Crippen LogP contribution in [0.5, 0.6) is 0 Å². The third-order valence-electron chi connectivity index (χ3n) is 4.60. The highest BCUT2D eigenvalue weighted by atomic mass is 32.2. The Kier molecular flexibility index (Phi) is 5.42. The van der Waals surface area contributed by atoms with Crippen molar-refractivity contribution in [1.82, 2.24) is 0 Å². The Bertz CT molecular complexity index is 1030. The number of benzene rings is 2. The first-order valence-electron chi connectivity index (χ1n) is 9.05. The van der Waals surface area contributed by atoms with Crippen LogP contribution in [0, 0.1) is 0 Å². The Morgan fingerprint density at radius 1 is 1.11 bits per heavy atom. The van der Waals surface area contributed by atoms with E-state index in [2.05, 4.69) is 10.6 Å². The predicted octanol–water partition coefficient (Wildman–Crippen LogP) is 3.00. The summed E-state index contributed by atoms with van der Waals surface area (Å²) in [5.74, 6) is -0.459. The molecule has 148 valence electrons. The fourth-order valence-corrected chi connectivity index (χ4v) is 4.77. The number of fused-ring (bicyclic) bond motifs is 1. The van der Waals surface area contributed by atoms with Crippen LogP contribution in [-0.4, -0.2) is 32.0 Å². The standard InChI is InChI=1S/C20H23N3O4S/c1-4-28(26,27)23-13(2)10-16-11-15(8-9-19(16)23)20(25)22-18-7-5-6-17(12-18)21-14(3)24/h5-9,11-13H,4,10H2,1-3H3,(H,21,24)(H,22,25)/t13-/m1/s1. The molecule has 1 heterocycles. The number of rotatable bonds is 5. The highest BCUT2D eigenvalue weighted by Crippen LogP contribution is 2.35. The number of anilines is 3. The lowest BCUT2D eigenvalue weighted by molar-refractivity contribution is -0.114. The Balaban J connectivity index is 1.82. The first-order valence-corrected chi connectivity index (χ1v) is 10.7. The van der Waals surface area contributed by atoms with Crippen molar-refractivity contribution in [2.75, 3.05) is 20.7 Å². The maximum absolute atomic E-state index is 12.6. The minimum atomic E-state index is -3.36. The summed E-state index contributed by atoms with van der Waals surface area (Å²) in [6, 6.07) is 11.8. The number of carbonyl (C=O) groups excluding carboxylic acids is 2. The van der Waals surface area contributed by atoms with E-state index < -0.39 is 10.0 Å². The Morgan fingerprint density at radius 2 is 1.79 bits per heavy atom. The molecule has 0 aromatic heterocycles. The van der Waals surface area contributed by atoms with Crippen molar-refractivity contribution in [1.29, 1.82) is 0 Å². The molecule has 1 aliphatic rings. The van der Waals surface area contributed by atoms with Crippen molar-refractivity contribution in [3.63, 3.8) is 0 Å². The Hall–Kier alpha value is -2.87. The fraction of sp³-hybridized carbons (Fsp3) is 0.300. The van der Waals surface area contributed by atoms with Crippen LogP contribution in [0.15, 0.2) is 42.5 Å². The molecule has 0 radical (unpaired) electrons. The van der Waals surface area contributed by atoms with Gasteiger partial charge >= 0.3 is 0 Å². The van der Waals surface area contributed by atoms with Gasteiger partial charge in [-0.05, 0) is 62.2 Å². The molecule has 1 aliphatic heterocycles. The topological polar surface area (TPSA) is 95.6 Å². The molecule has 28 heavy (non-hydrogen) atoms. The lowest BCUT2D eigenvalue weighted by Gasteiger charge is -2.23. The van der Waals surface area contributed by atoms with Crippen molar-refractivity contribution in [2.45, 2.75) is 33.2 Å². The molecule has 7 nitrogen and oxygen atoms in total. The van der Waals surface area contributed by atoms with Crippen LogP contribution >= 0.6 is 0 Å². The van der Waals surface area contributed by atoms with E-state index in [0.29, 0.717) is 29.0 Å². The lowest BCUT2D eigenvalue weighted by atomic mass is 10.1. The zero-order valence-electron chi connectivity index (χ0n) is 16.0. The van der Waals surface area contributed by atoms with Crippen LogP contribution in [0.2, 0.25) is 0 Å². The van der Waals surface area contributed by atoms with Gasteiger partial charge in [0.2, 0.25) is 15.9 Å². The second kappa shape index (κ2) is 7.63. The molecule has 1 atom stereocenters. The summed E-state index contributed by atoms with van der Waals surface area (Å²) < 4.78 is 26.2. The molecular weight excluding hydrogens is 378 g/mol. The highest BCUT2D eigenvalue weighted by molar-refractivity contribution is 7.92. The summed E-state index contributed by atoms with van der Waals surface area (Å²) in [7, 11) is -3.36. The van der Waals surface area contributed by atoms with E-state index in [0.717, 1.165) is 5.56 Å².